The van der Waals surface area contributed by atoms with Crippen molar-refractivity contribution >= 4 is 81.3 Å². The van der Waals surface area contributed by atoms with E-state index in [1.54, 1.807) is 0 Å². The number of aromatic nitrogens is 3. The first-order chi connectivity index (χ1) is 24.2. The van der Waals surface area contributed by atoms with Gasteiger partial charge in [0.25, 0.3) is 0 Å². The van der Waals surface area contributed by atoms with Gasteiger partial charge in [-0.2, -0.15) is 0 Å². The molecule has 3 nitrogen and oxygen atoms in total. The molecule has 234 valence electrons. The van der Waals surface area contributed by atoms with Gasteiger partial charge in [-0.05, 0) is 53.1 Å². The molecule has 0 fully saturated rings. The molecule has 3 heterocycles. The monoisotopic (exact) mass is 693 g/mol. The highest BCUT2D eigenvalue weighted by Crippen LogP contribution is 2.36. The summed E-state index contributed by atoms with van der Waals surface area (Å²) in [7, 11) is 0. The van der Waals surface area contributed by atoms with E-state index in [2.05, 4.69) is 187 Å². The molecule has 0 amide bonds. The lowest BCUT2D eigenvalue weighted by Gasteiger charge is -2.18. The molecule has 0 saturated heterocycles. The predicted octanol–water partition coefficient (Wildman–Crippen LogP) is 11.9. The van der Waals surface area contributed by atoms with Crippen molar-refractivity contribution in [3.63, 3.8) is 0 Å². The molecule has 0 aliphatic rings. The second-order valence-corrected chi connectivity index (χ2v) is 13.9. The van der Waals surface area contributed by atoms with E-state index in [1.807, 2.05) is 0 Å². The number of nitrogens with zero attached hydrogens (tertiary/aromatic N) is 3. The average molecular weight is 695 g/mol. The van der Waals surface area contributed by atoms with Gasteiger partial charge in [-0.15, -0.1) is 0 Å². The Morgan fingerprint density at radius 3 is 0.857 bits per heavy atom. The molecule has 0 spiro atoms. The summed E-state index contributed by atoms with van der Waals surface area (Å²) in [5.74, 6) is 0. The Labute approximate surface area is 292 Å². The van der Waals surface area contributed by atoms with Crippen LogP contribution in [-0.2, 0) is 19.6 Å². The molecule has 0 aliphatic heterocycles. The molecule has 10 rings (SSSR count). The standard InChI is InChI=1S/C45H32BrN3/c46-45-31(28-48-41-21-9-3-15-35(41)36-16-4-10-22-42(36)48)25-30(27-47-39-19-7-1-13-33(39)34-14-2-8-20-40(34)47)26-32(45)29-49-43-23-11-5-17-37(43)38-18-6-12-24-44(38)49/h1-26H,27-29H2. The summed E-state index contributed by atoms with van der Waals surface area (Å²) in [6.45, 7) is 2.30. The lowest BCUT2D eigenvalue weighted by atomic mass is 10.0. The van der Waals surface area contributed by atoms with E-state index in [1.165, 1.54) is 86.6 Å². The average Bonchev–Trinajstić information content (AvgIpc) is 3.76. The lowest BCUT2D eigenvalue weighted by molar-refractivity contribution is 0.814. The van der Waals surface area contributed by atoms with Gasteiger partial charge >= 0.3 is 0 Å². The second kappa shape index (κ2) is 11.3. The first-order valence-corrected chi connectivity index (χ1v) is 17.7. The van der Waals surface area contributed by atoms with Crippen LogP contribution in [-0.4, -0.2) is 13.7 Å². The zero-order valence-corrected chi connectivity index (χ0v) is 28.4. The van der Waals surface area contributed by atoms with Crippen LogP contribution in [0.25, 0.3) is 65.4 Å². The normalized spacial score (nSPS) is 12.0. The van der Waals surface area contributed by atoms with Crippen LogP contribution in [0.5, 0.6) is 0 Å². The number of fused-ring (bicyclic) bond motifs is 9. The fourth-order valence-electron chi connectivity index (χ4n) is 8.19. The highest BCUT2D eigenvalue weighted by atomic mass is 79.9. The van der Waals surface area contributed by atoms with E-state index >= 15 is 0 Å². The molecule has 0 saturated carbocycles. The Kier molecular flexibility index (Phi) is 6.53. The number of halogens is 1. The quantitative estimate of drug-likeness (QED) is 0.165. The number of benzene rings is 7. The number of hydrogen-bond acceptors (Lipinski definition) is 0. The minimum Gasteiger partial charge on any atom is -0.336 e. The Morgan fingerprint density at radius 1 is 0.327 bits per heavy atom. The maximum absolute atomic E-state index is 4.19. The molecule has 0 aliphatic carbocycles. The molecular formula is C45H32BrN3. The first kappa shape index (κ1) is 28.4. The summed E-state index contributed by atoms with van der Waals surface area (Å²) in [6.07, 6.45) is 0. The van der Waals surface area contributed by atoms with Crippen molar-refractivity contribution in [1.82, 2.24) is 13.7 Å². The van der Waals surface area contributed by atoms with Crippen LogP contribution in [0.15, 0.2) is 162 Å². The zero-order chi connectivity index (χ0) is 32.5. The van der Waals surface area contributed by atoms with Crippen LogP contribution in [0, 0.1) is 0 Å². The third-order valence-corrected chi connectivity index (χ3v) is 11.3. The first-order valence-electron chi connectivity index (χ1n) is 16.9. The minimum absolute atomic E-state index is 0.760. The molecule has 4 heteroatoms. The largest absolute Gasteiger partial charge is 0.336 e. The van der Waals surface area contributed by atoms with Gasteiger partial charge in [0.1, 0.15) is 0 Å². The van der Waals surface area contributed by atoms with Crippen LogP contribution >= 0.6 is 15.9 Å². The maximum atomic E-state index is 4.19. The van der Waals surface area contributed by atoms with Gasteiger partial charge in [-0.25, -0.2) is 0 Å². The van der Waals surface area contributed by atoms with Crippen LogP contribution in [0.2, 0.25) is 0 Å². The van der Waals surface area contributed by atoms with Gasteiger partial charge < -0.3 is 13.7 Å². The van der Waals surface area contributed by atoms with Crippen molar-refractivity contribution in [3.05, 3.63) is 179 Å². The van der Waals surface area contributed by atoms with Gasteiger partial charge in [-0.3, -0.25) is 0 Å². The van der Waals surface area contributed by atoms with Gasteiger partial charge in [0.15, 0.2) is 0 Å². The minimum atomic E-state index is 0.760. The van der Waals surface area contributed by atoms with Gasteiger partial charge in [0.05, 0.1) is 0 Å². The predicted molar refractivity (Wildman–Crippen MR) is 210 cm³/mol. The number of para-hydroxylation sites is 6. The van der Waals surface area contributed by atoms with E-state index in [0.717, 1.165) is 19.6 Å². The third-order valence-electron chi connectivity index (χ3n) is 10.3. The molecule has 0 bridgehead atoms. The van der Waals surface area contributed by atoms with E-state index in [9.17, 15) is 0 Å². The molecule has 3 aromatic heterocycles. The maximum Gasteiger partial charge on any atom is 0.0494 e. The van der Waals surface area contributed by atoms with Crippen LogP contribution in [0.1, 0.15) is 16.7 Å². The van der Waals surface area contributed by atoms with Gasteiger partial charge in [-0.1, -0.05) is 137 Å². The summed E-state index contributed by atoms with van der Waals surface area (Å²) < 4.78 is 8.63. The van der Waals surface area contributed by atoms with Crippen LogP contribution in [0.3, 0.4) is 0 Å². The lowest BCUT2D eigenvalue weighted by Crippen LogP contribution is -2.08. The van der Waals surface area contributed by atoms with E-state index < -0.39 is 0 Å². The Morgan fingerprint density at radius 2 is 0.571 bits per heavy atom. The second-order valence-electron chi connectivity index (χ2n) is 13.1. The molecule has 49 heavy (non-hydrogen) atoms. The van der Waals surface area contributed by atoms with E-state index in [4.69, 9.17) is 0 Å². The van der Waals surface area contributed by atoms with Crippen molar-refractivity contribution in [1.29, 1.82) is 0 Å². The summed E-state index contributed by atoms with van der Waals surface area (Å²) in [5, 5.41) is 7.77. The summed E-state index contributed by atoms with van der Waals surface area (Å²) >= 11 is 4.19. The molecule has 0 radical (unpaired) electrons. The summed E-state index contributed by atoms with van der Waals surface area (Å²) in [4.78, 5) is 0. The molecular weight excluding hydrogens is 662 g/mol. The Bertz CT molecular complexity index is 2590. The number of rotatable bonds is 6. The molecule has 0 N–H and O–H groups in total. The smallest absolute Gasteiger partial charge is 0.0494 e. The van der Waals surface area contributed by atoms with Crippen LogP contribution < -0.4 is 0 Å². The van der Waals surface area contributed by atoms with Crippen molar-refractivity contribution in [2.75, 3.05) is 0 Å². The topological polar surface area (TPSA) is 14.8 Å². The van der Waals surface area contributed by atoms with E-state index in [0.29, 0.717) is 0 Å². The zero-order valence-electron chi connectivity index (χ0n) is 26.9. The van der Waals surface area contributed by atoms with E-state index in [-0.39, 0.29) is 0 Å². The number of hydrogen-bond donors (Lipinski definition) is 0. The summed E-state index contributed by atoms with van der Waals surface area (Å²) in [6, 6.07) is 57.6. The highest BCUT2D eigenvalue weighted by Gasteiger charge is 2.18. The Balaban J connectivity index is 1.18. The molecule has 0 unspecified atom stereocenters. The fourth-order valence-corrected chi connectivity index (χ4v) is 8.67. The summed E-state index contributed by atoms with van der Waals surface area (Å²) in [5.41, 5.74) is 11.4. The van der Waals surface area contributed by atoms with Crippen molar-refractivity contribution < 1.29 is 0 Å². The molecule has 0 atom stereocenters. The molecule has 7 aromatic carbocycles. The highest BCUT2D eigenvalue weighted by molar-refractivity contribution is 9.10. The third kappa shape index (κ3) is 4.48. The van der Waals surface area contributed by atoms with Crippen LogP contribution in [0.4, 0.5) is 0 Å². The fraction of sp³-hybridized carbons (Fsp3) is 0.0667. The van der Waals surface area contributed by atoms with Crippen molar-refractivity contribution in [3.8, 4) is 0 Å². The van der Waals surface area contributed by atoms with Gasteiger partial charge in [0, 0.05) is 89.5 Å². The Hall–Kier alpha value is -5.58. The molecule has 10 aromatic rings. The SMILES string of the molecule is Brc1c(Cn2c3ccccc3c3ccccc32)cc(Cn2c3ccccc3c3ccccc32)cc1Cn1c2ccccc2c2ccccc21. The van der Waals surface area contributed by atoms with Crippen molar-refractivity contribution in [2.45, 2.75) is 19.6 Å². The van der Waals surface area contributed by atoms with Crippen molar-refractivity contribution in [2.24, 2.45) is 0 Å². The van der Waals surface area contributed by atoms with Gasteiger partial charge in [0.2, 0.25) is 0 Å².